The maximum atomic E-state index is 10.9. The van der Waals surface area contributed by atoms with Crippen molar-refractivity contribution in [2.45, 2.75) is 25.7 Å². The number of amides is 1. The number of aryl methyl sites for hydroxylation is 1. The molecule has 1 aromatic heterocycles. The number of hydrogen-bond acceptors (Lipinski definition) is 3. The number of nitrogens with two attached hydrogens (primary N) is 1. The highest BCUT2D eigenvalue weighted by atomic mass is 32.1. The van der Waals surface area contributed by atoms with Crippen molar-refractivity contribution < 1.29 is 4.79 Å². The van der Waals surface area contributed by atoms with Crippen molar-refractivity contribution in [2.24, 2.45) is 5.73 Å². The number of primary amides is 1. The zero-order valence-electron chi connectivity index (χ0n) is 6.83. The molecule has 12 heavy (non-hydrogen) atoms. The van der Waals surface area contributed by atoms with Crippen LogP contribution in [0.15, 0.2) is 0 Å². The number of hydrogen-bond donors (Lipinski definition) is 1. The Morgan fingerprint density at radius 1 is 1.67 bits per heavy atom. The van der Waals surface area contributed by atoms with Gasteiger partial charge in [0.1, 0.15) is 5.69 Å². The highest BCUT2D eigenvalue weighted by Gasteiger charge is 2.30. The van der Waals surface area contributed by atoms with Crippen molar-refractivity contribution in [1.29, 1.82) is 0 Å². The maximum Gasteiger partial charge on any atom is 0.268 e. The third kappa shape index (κ3) is 1.22. The molecule has 1 aliphatic carbocycles. The van der Waals surface area contributed by atoms with Crippen LogP contribution in [-0.4, -0.2) is 10.9 Å². The number of nitrogens with zero attached hydrogens (tertiary/aromatic N) is 1. The number of rotatable bonds is 2. The van der Waals surface area contributed by atoms with Gasteiger partial charge in [-0.05, 0) is 25.7 Å². The Bertz CT molecular complexity index is 328. The first-order valence-electron chi connectivity index (χ1n) is 3.95. The number of carbonyl (C=O) groups excluding carboxylic acids is 1. The van der Waals surface area contributed by atoms with Crippen LogP contribution >= 0.6 is 11.3 Å². The predicted molar refractivity (Wildman–Crippen MR) is 47.3 cm³/mol. The fourth-order valence-electron chi connectivity index (χ4n) is 1.24. The van der Waals surface area contributed by atoms with E-state index in [1.165, 1.54) is 12.8 Å². The second-order valence-corrected chi connectivity index (χ2v) is 4.32. The van der Waals surface area contributed by atoms with Gasteiger partial charge < -0.3 is 5.73 Å². The average molecular weight is 182 g/mol. The molecule has 64 valence electrons. The quantitative estimate of drug-likeness (QED) is 0.752. The Morgan fingerprint density at radius 3 is 2.83 bits per heavy atom. The van der Waals surface area contributed by atoms with Crippen molar-refractivity contribution in [2.75, 3.05) is 0 Å². The fourth-order valence-corrected chi connectivity index (χ4v) is 2.34. The summed E-state index contributed by atoms with van der Waals surface area (Å²) in [5.41, 5.74) is 5.70. The van der Waals surface area contributed by atoms with Crippen molar-refractivity contribution >= 4 is 17.2 Å². The molecule has 1 aliphatic rings. The number of aromatic nitrogens is 1. The molecule has 1 heterocycles. The second kappa shape index (κ2) is 2.55. The molecule has 0 saturated heterocycles. The highest BCUT2D eigenvalue weighted by Crippen LogP contribution is 2.44. The maximum absolute atomic E-state index is 10.9. The molecule has 0 atom stereocenters. The van der Waals surface area contributed by atoms with E-state index < -0.39 is 0 Å². The van der Waals surface area contributed by atoms with E-state index in [1.807, 2.05) is 6.92 Å². The van der Waals surface area contributed by atoms with Gasteiger partial charge in [0.05, 0.1) is 5.01 Å². The van der Waals surface area contributed by atoms with Crippen LogP contribution in [0.3, 0.4) is 0 Å². The summed E-state index contributed by atoms with van der Waals surface area (Å²) in [7, 11) is 0. The normalized spacial score (nSPS) is 16.4. The molecule has 1 fully saturated rings. The molecule has 0 unspecified atom stereocenters. The van der Waals surface area contributed by atoms with Gasteiger partial charge >= 0.3 is 0 Å². The van der Waals surface area contributed by atoms with Crippen LogP contribution in [0, 0.1) is 6.92 Å². The van der Waals surface area contributed by atoms with Gasteiger partial charge in [0.25, 0.3) is 5.91 Å². The van der Waals surface area contributed by atoms with E-state index in [9.17, 15) is 4.79 Å². The second-order valence-electron chi connectivity index (χ2n) is 3.08. The molecule has 2 rings (SSSR count). The molecule has 4 heteroatoms. The Hall–Kier alpha value is -0.900. The van der Waals surface area contributed by atoms with Crippen molar-refractivity contribution in [1.82, 2.24) is 4.98 Å². The van der Waals surface area contributed by atoms with Gasteiger partial charge in [-0.1, -0.05) is 0 Å². The summed E-state index contributed by atoms with van der Waals surface area (Å²) in [5, 5.41) is 0.936. The molecule has 1 amide bonds. The molecular formula is C8H10N2OS. The lowest BCUT2D eigenvalue weighted by molar-refractivity contribution is 0.0995. The van der Waals surface area contributed by atoms with Crippen LogP contribution in [0.5, 0.6) is 0 Å². The lowest BCUT2D eigenvalue weighted by atomic mass is 10.2. The minimum absolute atomic E-state index is 0.388. The first-order valence-corrected chi connectivity index (χ1v) is 4.77. The van der Waals surface area contributed by atoms with Crippen LogP contribution in [-0.2, 0) is 0 Å². The molecule has 0 aliphatic heterocycles. The molecule has 2 N–H and O–H groups in total. The Morgan fingerprint density at radius 2 is 2.33 bits per heavy atom. The van der Waals surface area contributed by atoms with Gasteiger partial charge in [-0.3, -0.25) is 4.79 Å². The highest BCUT2D eigenvalue weighted by molar-refractivity contribution is 7.12. The van der Waals surface area contributed by atoms with Crippen LogP contribution < -0.4 is 5.73 Å². The van der Waals surface area contributed by atoms with Crippen LogP contribution in [0.2, 0.25) is 0 Å². The Balaban J connectivity index is 2.43. The topological polar surface area (TPSA) is 56.0 Å². The van der Waals surface area contributed by atoms with E-state index >= 15 is 0 Å². The summed E-state index contributed by atoms with van der Waals surface area (Å²) >= 11 is 1.60. The first kappa shape index (κ1) is 7.73. The summed E-state index contributed by atoms with van der Waals surface area (Å²) in [6.07, 6.45) is 2.36. The van der Waals surface area contributed by atoms with Gasteiger partial charge in [0, 0.05) is 4.88 Å². The predicted octanol–water partition coefficient (Wildman–Crippen LogP) is 1.43. The molecule has 1 saturated carbocycles. The Kier molecular flexibility index (Phi) is 1.65. The van der Waals surface area contributed by atoms with Gasteiger partial charge in [0.15, 0.2) is 0 Å². The third-order valence-corrected chi connectivity index (χ3v) is 3.08. The van der Waals surface area contributed by atoms with E-state index in [0.29, 0.717) is 11.6 Å². The van der Waals surface area contributed by atoms with E-state index in [-0.39, 0.29) is 5.91 Å². The molecule has 0 bridgehead atoms. The lowest BCUT2D eigenvalue weighted by Crippen LogP contribution is -2.13. The molecular weight excluding hydrogens is 172 g/mol. The van der Waals surface area contributed by atoms with Crippen molar-refractivity contribution in [3.05, 3.63) is 15.6 Å². The van der Waals surface area contributed by atoms with Gasteiger partial charge in [-0.15, -0.1) is 11.3 Å². The smallest absolute Gasteiger partial charge is 0.268 e. The standard InChI is InChI=1S/C8H10N2OS/c1-4-10-6(8(9)11)7(12-4)5-2-3-5/h5H,2-3H2,1H3,(H2,9,11). The summed E-state index contributed by atoms with van der Waals surface area (Å²) in [5.74, 6) is 0.181. The van der Waals surface area contributed by atoms with Crippen molar-refractivity contribution in [3.8, 4) is 0 Å². The summed E-state index contributed by atoms with van der Waals surface area (Å²) in [6, 6.07) is 0. The molecule has 0 radical (unpaired) electrons. The zero-order valence-corrected chi connectivity index (χ0v) is 7.65. The molecule has 1 aromatic rings. The molecule has 3 nitrogen and oxygen atoms in total. The SMILES string of the molecule is Cc1nc(C(N)=O)c(C2CC2)s1. The molecule has 0 aromatic carbocycles. The van der Waals surface area contributed by atoms with Crippen LogP contribution in [0.4, 0.5) is 0 Å². The van der Waals surface area contributed by atoms with E-state index in [1.54, 1.807) is 11.3 Å². The van der Waals surface area contributed by atoms with Gasteiger partial charge in [-0.25, -0.2) is 4.98 Å². The van der Waals surface area contributed by atoms with E-state index in [4.69, 9.17) is 5.73 Å². The summed E-state index contributed by atoms with van der Waals surface area (Å²) in [4.78, 5) is 16.1. The van der Waals surface area contributed by atoms with E-state index in [0.717, 1.165) is 9.88 Å². The first-order chi connectivity index (χ1) is 5.68. The minimum Gasteiger partial charge on any atom is -0.364 e. The lowest BCUT2D eigenvalue weighted by Gasteiger charge is -1.92. The Labute approximate surface area is 74.6 Å². The number of carbonyl (C=O) groups is 1. The summed E-state index contributed by atoms with van der Waals surface area (Å²) < 4.78 is 0. The monoisotopic (exact) mass is 182 g/mol. The molecule has 0 spiro atoms. The van der Waals surface area contributed by atoms with Gasteiger partial charge in [0.2, 0.25) is 0 Å². The fraction of sp³-hybridized carbons (Fsp3) is 0.500. The largest absolute Gasteiger partial charge is 0.364 e. The minimum atomic E-state index is -0.388. The zero-order chi connectivity index (χ0) is 8.72. The number of thiazole rings is 1. The average Bonchev–Trinajstić information content (AvgIpc) is 2.75. The van der Waals surface area contributed by atoms with Crippen LogP contribution in [0.1, 0.15) is 39.1 Å². The van der Waals surface area contributed by atoms with E-state index in [2.05, 4.69) is 4.98 Å². The summed E-state index contributed by atoms with van der Waals surface area (Å²) in [6.45, 7) is 1.91. The van der Waals surface area contributed by atoms with Gasteiger partial charge in [-0.2, -0.15) is 0 Å². The van der Waals surface area contributed by atoms with Crippen LogP contribution in [0.25, 0.3) is 0 Å². The van der Waals surface area contributed by atoms with Crippen molar-refractivity contribution in [3.63, 3.8) is 0 Å². The third-order valence-electron chi connectivity index (χ3n) is 1.94.